The van der Waals surface area contributed by atoms with Gasteiger partial charge in [0.1, 0.15) is 6.00 Å². The second-order valence-electron chi connectivity index (χ2n) is 5.27. The molecule has 106 valence electrons. The summed E-state index contributed by atoms with van der Waals surface area (Å²) in [5, 5.41) is 0.686. The molecule has 1 aromatic carbocycles. The van der Waals surface area contributed by atoms with Gasteiger partial charge < -0.3 is 0 Å². The third-order valence-corrected chi connectivity index (χ3v) is 3.73. The van der Waals surface area contributed by atoms with E-state index in [1.165, 1.54) is 6.92 Å². The van der Waals surface area contributed by atoms with Gasteiger partial charge in [0.2, 0.25) is 5.91 Å². The zero-order valence-corrected chi connectivity index (χ0v) is 13.6. The van der Waals surface area contributed by atoms with Crippen LogP contribution in [0.25, 0.3) is 0 Å². The van der Waals surface area contributed by atoms with E-state index in [1.807, 2.05) is 12.1 Å². The number of benzene rings is 1. The first-order valence-electron chi connectivity index (χ1n) is 6.47. The Labute approximate surface area is 125 Å². The molecule has 1 aromatic rings. The molecule has 0 bridgehead atoms. The number of alkyl halides is 1. The van der Waals surface area contributed by atoms with E-state index in [0.29, 0.717) is 10.9 Å². The van der Waals surface area contributed by atoms with E-state index >= 15 is 0 Å². The van der Waals surface area contributed by atoms with Crippen molar-refractivity contribution < 1.29 is 4.79 Å². The van der Waals surface area contributed by atoms with Gasteiger partial charge in [-0.1, -0.05) is 45.4 Å². The average Bonchev–Trinajstić information content (AvgIpc) is 2.28. The molecule has 0 heterocycles. The average molecular weight is 302 g/mol. The lowest BCUT2D eigenvalue weighted by atomic mass is 9.92. The Kier molecular flexibility index (Phi) is 5.69. The van der Waals surface area contributed by atoms with Crippen molar-refractivity contribution in [2.75, 3.05) is 10.9 Å². The lowest BCUT2D eigenvalue weighted by Gasteiger charge is -2.28. The van der Waals surface area contributed by atoms with Gasteiger partial charge in [-0.25, -0.2) is 0 Å². The van der Waals surface area contributed by atoms with Crippen LogP contribution in [0.4, 0.5) is 5.69 Å². The number of rotatable bonds is 4. The number of hydrogen-bond donors (Lipinski definition) is 0. The molecule has 0 N–H and O–H groups in total. The SMILES string of the molecule is CC(=O)N(CCl)c1c(C(C)C)ccc(Cl)c1C(C)C. The molecule has 0 radical (unpaired) electrons. The monoisotopic (exact) mass is 301 g/mol. The molecular weight excluding hydrogens is 281 g/mol. The van der Waals surface area contributed by atoms with E-state index in [9.17, 15) is 4.79 Å². The Morgan fingerprint density at radius 1 is 1.21 bits per heavy atom. The Morgan fingerprint density at radius 3 is 2.16 bits per heavy atom. The van der Waals surface area contributed by atoms with Gasteiger partial charge in [-0.05, 0) is 29.0 Å². The van der Waals surface area contributed by atoms with E-state index < -0.39 is 0 Å². The molecule has 0 spiro atoms. The Morgan fingerprint density at radius 2 is 1.79 bits per heavy atom. The molecule has 1 amide bonds. The Balaban J connectivity index is 3.62. The minimum atomic E-state index is -0.0685. The molecule has 0 aliphatic carbocycles. The molecule has 0 atom stereocenters. The van der Waals surface area contributed by atoms with Gasteiger partial charge in [0, 0.05) is 11.9 Å². The number of amides is 1. The fourth-order valence-corrected chi connectivity index (χ4v) is 2.88. The van der Waals surface area contributed by atoms with Gasteiger partial charge in [-0.3, -0.25) is 9.69 Å². The molecule has 0 unspecified atom stereocenters. The highest BCUT2D eigenvalue weighted by Crippen LogP contribution is 2.39. The van der Waals surface area contributed by atoms with E-state index in [0.717, 1.165) is 16.8 Å². The third kappa shape index (κ3) is 3.43. The first kappa shape index (κ1) is 16.3. The molecule has 0 saturated carbocycles. The van der Waals surface area contributed by atoms with Crippen molar-refractivity contribution in [3.8, 4) is 0 Å². The van der Waals surface area contributed by atoms with Gasteiger partial charge in [-0.2, -0.15) is 0 Å². The van der Waals surface area contributed by atoms with Crippen molar-refractivity contribution in [1.82, 2.24) is 0 Å². The standard InChI is InChI=1S/C15H21Cl2NO/c1-9(2)12-6-7-13(17)14(10(3)4)15(12)18(8-16)11(5)19/h6-7,9-10H,8H2,1-5H3. The fourth-order valence-electron chi connectivity index (χ4n) is 2.22. The summed E-state index contributed by atoms with van der Waals surface area (Å²) in [5.41, 5.74) is 2.97. The maximum Gasteiger partial charge on any atom is 0.224 e. The molecule has 1 rings (SSSR count). The largest absolute Gasteiger partial charge is 0.298 e. The summed E-state index contributed by atoms with van der Waals surface area (Å²) in [4.78, 5) is 13.4. The predicted octanol–water partition coefficient (Wildman–Crippen LogP) is 5.14. The summed E-state index contributed by atoms with van der Waals surface area (Å²) >= 11 is 12.3. The van der Waals surface area contributed by atoms with Crippen LogP contribution in [0, 0.1) is 0 Å². The molecule has 4 heteroatoms. The summed E-state index contributed by atoms with van der Waals surface area (Å²) in [7, 11) is 0. The van der Waals surface area contributed by atoms with Crippen LogP contribution in [0.15, 0.2) is 12.1 Å². The molecule has 0 aliphatic rings. The van der Waals surface area contributed by atoms with Crippen LogP contribution in [-0.4, -0.2) is 11.9 Å². The predicted molar refractivity (Wildman–Crippen MR) is 83.5 cm³/mol. The molecule has 0 fully saturated rings. The van der Waals surface area contributed by atoms with Gasteiger partial charge in [0.25, 0.3) is 0 Å². The Hall–Kier alpha value is -0.730. The van der Waals surface area contributed by atoms with Crippen LogP contribution in [0.1, 0.15) is 57.6 Å². The van der Waals surface area contributed by atoms with Crippen molar-refractivity contribution in [1.29, 1.82) is 0 Å². The van der Waals surface area contributed by atoms with Gasteiger partial charge in [-0.15, -0.1) is 11.6 Å². The van der Waals surface area contributed by atoms with Crippen molar-refractivity contribution in [2.45, 2.75) is 46.5 Å². The zero-order chi connectivity index (χ0) is 14.7. The van der Waals surface area contributed by atoms with Crippen molar-refractivity contribution in [3.05, 3.63) is 28.3 Å². The fraction of sp³-hybridized carbons (Fsp3) is 0.533. The van der Waals surface area contributed by atoms with E-state index in [4.69, 9.17) is 23.2 Å². The number of carbonyl (C=O) groups excluding carboxylic acids is 1. The van der Waals surface area contributed by atoms with Crippen molar-refractivity contribution >= 4 is 34.8 Å². The van der Waals surface area contributed by atoms with Gasteiger partial charge in [0.05, 0.1) is 5.69 Å². The number of anilines is 1. The van der Waals surface area contributed by atoms with Crippen molar-refractivity contribution in [3.63, 3.8) is 0 Å². The second-order valence-corrected chi connectivity index (χ2v) is 5.92. The first-order chi connectivity index (χ1) is 8.81. The minimum Gasteiger partial charge on any atom is -0.298 e. The normalized spacial score (nSPS) is 11.2. The lowest BCUT2D eigenvalue weighted by Crippen LogP contribution is -2.29. The van der Waals surface area contributed by atoms with Gasteiger partial charge in [0.15, 0.2) is 0 Å². The summed E-state index contributed by atoms with van der Waals surface area (Å²) in [6, 6.07) is 4.02. The van der Waals surface area contributed by atoms with Crippen LogP contribution in [-0.2, 0) is 4.79 Å². The maximum atomic E-state index is 11.8. The van der Waals surface area contributed by atoms with Crippen LogP contribution in [0.3, 0.4) is 0 Å². The Bertz CT molecular complexity index is 469. The molecular formula is C15H21Cl2NO. The molecule has 2 nitrogen and oxygen atoms in total. The highest BCUT2D eigenvalue weighted by molar-refractivity contribution is 6.32. The highest BCUT2D eigenvalue weighted by atomic mass is 35.5. The van der Waals surface area contributed by atoms with Crippen molar-refractivity contribution in [2.24, 2.45) is 0 Å². The zero-order valence-electron chi connectivity index (χ0n) is 12.1. The van der Waals surface area contributed by atoms with Gasteiger partial charge >= 0.3 is 0 Å². The van der Waals surface area contributed by atoms with Crippen LogP contribution < -0.4 is 4.90 Å². The number of halogens is 2. The number of hydrogen-bond acceptors (Lipinski definition) is 1. The molecule has 0 saturated heterocycles. The third-order valence-electron chi connectivity index (χ3n) is 3.16. The molecule has 0 aliphatic heterocycles. The van der Waals surface area contributed by atoms with E-state index in [2.05, 4.69) is 27.7 Å². The van der Waals surface area contributed by atoms with E-state index in [1.54, 1.807) is 4.90 Å². The smallest absolute Gasteiger partial charge is 0.224 e. The van der Waals surface area contributed by atoms with Crippen LogP contribution >= 0.6 is 23.2 Å². The second kappa shape index (κ2) is 6.62. The lowest BCUT2D eigenvalue weighted by molar-refractivity contribution is -0.116. The van der Waals surface area contributed by atoms with Crippen LogP contribution in [0.2, 0.25) is 5.02 Å². The summed E-state index contributed by atoms with van der Waals surface area (Å²) < 4.78 is 0. The summed E-state index contributed by atoms with van der Waals surface area (Å²) in [6.45, 7) is 9.87. The quantitative estimate of drug-likeness (QED) is 0.557. The topological polar surface area (TPSA) is 20.3 Å². The minimum absolute atomic E-state index is 0.0685. The summed E-state index contributed by atoms with van der Waals surface area (Å²) in [5.74, 6) is 0.460. The number of carbonyl (C=O) groups is 1. The van der Waals surface area contributed by atoms with Crippen LogP contribution in [0.5, 0.6) is 0 Å². The highest BCUT2D eigenvalue weighted by Gasteiger charge is 2.23. The summed E-state index contributed by atoms with van der Waals surface area (Å²) in [6.07, 6.45) is 0. The molecule has 0 aromatic heterocycles. The number of nitrogens with zero attached hydrogens (tertiary/aromatic N) is 1. The van der Waals surface area contributed by atoms with E-state index in [-0.39, 0.29) is 17.8 Å². The maximum absolute atomic E-state index is 11.8. The first-order valence-corrected chi connectivity index (χ1v) is 7.38. The molecule has 19 heavy (non-hydrogen) atoms.